The van der Waals surface area contributed by atoms with Crippen LogP contribution >= 0.6 is 0 Å². The van der Waals surface area contributed by atoms with Gasteiger partial charge in [-0.1, -0.05) is 17.7 Å². The highest BCUT2D eigenvalue weighted by Crippen LogP contribution is 2.24. The molecular weight excluding hydrogens is 212 g/mol. The summed E-state index contributed by atoms with van der Waals surface area (Å²) >= 11 is 0. The first kappa shape index (κ1) is 10.0. The molecular formula is C14H12N2O. The van der Waals surface area contributed by atoms with E-state index >= 15 is 0 Å². The Kier molecular flexibility index (Phi) is 2.18. The van der Waals surface area contributed by atoms with Crippen LogP contribution in [0.5, 0.6) is 0 Å². The average Bonchev–Trinajstić information content (AvgIpc) is 2.79. The highest BCUT2D eigenvalue weighted by molar-refractivity contribution is 5.74. The number of nitrogens with zero attached hydrogens (tertiary/aromatic N) is 2. The van der Waals surface area contributed by atoms with E-state index in [-0.39, 0.29) is 0 Å². The minimum absolute atomic E-state index is 0.656. The van der Waals surface area contributed by atoms with Crippen LogP contribution in [0.2, 0.25) is 0 Å². The van der Waals surface area contributed by atoms with Gasteiger partial charge in [-0.3, -0.25) is 0 Å². The van der Waals surface area contributed by atoms with E-state index in [9.17, 15) is 0 Å². The second-order valence-electron chi connectivity index (χ2n) is 4.19. The normalized spacial score (nSPS) is 10.9. The van der Waals surface area contributed by atoms with Crippen LogP contribution in [0.25, 0.3) is 22.5 Å². The number of aromatic nitrogens is 2. The molecule has 0 aliphatic rings. The summed E-state index contributed by atoms with van der Waals surface area (Å²) < 4.78 is 5.19. The maximum absolute atomic E-state index is 5.19. The fraction of sp³-hybridized carbons (Fsp3) is 0.143. The van der Waals surface area contributed by atoms with Gasteiger partial charge in [0.05, 0.1) is 5.69 Å². The minimum atomic E-state index is 0.656. The number of rotatable bonds is 1. The number of hydrogen-bond donors (Lipinski definition) is 0. The van der Waals surface area contributed by atoms with Crippen LogP contribution in [0.1, 0.15) is 11.1 Å². The zero-order chi connectivity index (χ0) is 11.8. The van der Waals surface area contributed by atoms with Crippen molar-refractivity contribution in [3.8, 4) is 11.3 Å². The van der Waals surface area contributed by atoms with Crippen LogP contribution in [0.3, 0.4) is 0 Å². The predicted octanol–water partition coefficient (Wildman–Crippen LogP) is 3.51. The Balaban J connectivity index is 2.22. The van der Waals surface area contributed by atoms with Gasteiger partial charge in [0, 0.05) is 5.56 Å². The molecule has 3 heteroatoms. The lowest BCUT2D eigenvalue weighted by atomic mass is 10.0. The first-order valence-electron chi connectivity index (χ1n) is 5.52. The van der Waals surface area contributed by atoms with Crippen LogP contribution in [0.15, 0.2) is 41.1 Å². The first-order chi connectivity index (χ1) is 8.24. The Hall–Kier alpha value is -2.16. The SMILES string of the molecule is Cc1ccc(C)c(-c2ccc3ocnc3n2)c1. The van der Waals surface area contributed by atoms with Gasteiger partial charge >= 0.3 is 0 Å². The molecule has 3 nitrogen and oxygen atoms in total. The maximum atomic E-state index is 5.19. The highest BCUT2D eigenvalue weighted by atomic mass is 16.3. The molecule has 0 unspecified atom stereocenters. The van der Waals surface area contributed by atoms with Gasteiger partial charge in [-0.15, -0.1) is 0 Å². The molecule has 0 bridgehead atoms. The van der Waals surface area contributed by atoms with Crippen molar-refractivity contribution in [2.75, 3.05) is 0 Å². The predicted molar refractivity (Wildman–Crippen MR) is 66.7 cm³/mol. The van der Waals surface area contributed by atoms with E-state index in [1.807, 2.05) is 12.1 Å². The Morgan fingerprint density at radius 2 is 1.94 bits per heavy atom. The van der Waals surface area contributed by atoms with E-state index in [0.717, 1.165) is 16.8 Å². The van der Waals surface area contributed by atoms with E-state index in [4.69, 9.17) is 4.42 Å². The van der Waals surface area contributed by atoms with Gasteiger partial charge in [-0.25, -0.2) is 4.98 Å². The Morgan fingerprint density at radius 1 is 1.06 bits per heavy atom. The smallest absolute Gasteiger partial charge is 0.199 e. The summed E-state index contributed by atoms with van der Waals surface area (Å²) in [6.45, 7) is 4.17. The third-order valence-electron chi connectivity index (χ3n) is 2.86. The minimum Gasteiger partial charge on any atom is -0.442 e. The highest BCUT2D eigenvalue weighted by Gasteiger charge is 2.06. The first-order valence-corrected chi connectivity index (χ1v) is 5.52. The van der Waals surface area contributed by atoms with Gasteiger partial charge < -0.3 is 4.42 Å². The van der Waals surface area contributed by atoms with Gasteiger partial charge in [0.1, 0.15) is 0 Å². The van der Waals surface area contributed by atoms with Crippen molar-refractivity contribution in [2.24, 2.45) is 0 Å². The summed E-state index contributed by atoms with van der Waals surface area (Å²) in [4.78, 5) is 8.58. The summed E-state index contributed by atoms with van der Waals surface area (Å²) in [6, 6.07) is 10.2. The molecule has 3 aromatic rings. The van der Waals surface area contributed by atoms with E-state index in [1.165, 1.54) is 17.5 Å². The molecule has 2 aromatic heterocycles. The van der Waals surface area contributed by atoms with Crippen LogP contribution in [-0.4, -0.2) is 9.97 Å². The average molecular weight is 224 g/mol. The Bertz CT molecular complexity index is 686. The molecule has 0 spiro atoms. The van der Waals surface area contributed by atoms with Crippen LogP contribution < -0.4 is 0 Å². The summed E-state index contributed by atoms with van der Waals surface area (Å²) in [5.41, 5.74) is 5.91. The Morgan fingerprint density at radius 3 is 2.82 bits per heavy atom. The lowest BCUT2D eigenvalue weighted by Crippen LogP contribution is -1.88. The molecule has 0 fully saturated rings. The lowest BCUT2D eigenvalue weighted by molar-refractivity contribution is 0.602. The standard InChI is InChI=1S/C14H12N2O/c1-9-3-4-10(2)11(7-9)12-5-6-13-14(16-12)15-8-17-13/h3-8H,1-2H3. The molecule has 17 heavy (non-hydrogen) atoms. The number of hydrogen-bond acceptors (Lipinski definition) is 3. The summed E-state index contributed by atoms with van der Waals surface area (Å²) in [6.07, 6.45) is 1.42. The van der Waals surface area contributed by atoms with Crippen molar-refractivity contribution in [1.29, 1.82) is 0 Å². The molecule has 0 aliphatic heterocycles. The third-order valence-corrected chi connectivity index (χ3v) is 2.86. The topological polar surface area (TPSA) is 38.9 Å². The molecule has 0 radical (unpaired) electrons. The van der Waals surface area contributed by atoms with E-state index in [0.29, 0.717) is 5.65 Å². The van der Waals surface area contributed by atoms with Crippen LogP contribution in [0.4, 0.5) is 0 Å². The molecule has 0 saturated carbocycles. The Labute approximate surface area is 99.1 Å². The van der Waals surface area contributed by atoms with Crippen molar-refractivity contribution in [3.63, 3.8) is 0 Å². The third kappa shape index (κ3) is 1.69. The second-order valence-corrected chi connectivity index (χ2v) is 4.19. The zero-order valence-electron chi connectivity index (χ0n) is 9.77. The number of aryl methyl sites for hydroxylation is 2. The second kappa shape index (κ2) is 3.70. The molecule has 84 valence electrons. The fourth-order valence-electron chi connectivity index (χ4n) is 1.91. The number of oxazole rings is 1. The zero-order valence-corrected chi connectivity index (χ0v) is 9.77. The maximum Gasteiger partial charge on any atom is 0.199 e. The quantitative estimate of drug-likeness (QED) is 0.635. The molecule has 0 saturated heterocycles. The van der Waals surface area contributed by atoms with Crippen molar-refractivity contribution < 1.29 is 4.42 Å². The molecule has 0 atom stereocenters. The van der Waals surface area contributed by atoms with E-state index in [2.05, 4.69) is 42.0 Å². The molecule has 3 rings (SSSR count). The molecule has 0 amide bonds. The summed E-state index contributed by atoms with van der Waals surface area (Å²) in [7, 11) is 0. The lowest BCUT2D eigenvalue weighted by Gasteiger charge is -2.05. The number of fused-ring (bicyclic) bond motifs is 1. The number of pyridine rings is 1. The van der Waals surface area contributed by atoms with E-state index in [1.54, 1.807) is 0 Å². The van der Waals surface area contributed by atoms with Crippen molar-refractivity contribution in [2.45, 2.75) is 13.8 Å². The van der Waals surface area contributed by atoms with Gasteiger partial charge in [0.25, 0.3) is 0 Å². The van der Waals surface area contributed by atoms with Gasteiger partial charge in [-0.05, 0) is 37.6 Å². The molecule has 0 N–H and O–H groups in total. The van der Waals surface area contributed by atoms with Gasteiger partial charge in [-0.2, -0.15) is 4.98 Å². The van der Waals surface area contributed by atoms with Crippen LogP contribution in [-0.2, 0) is 0 Å². The van der Waals surface area contributed by atoms with Gasteiger partial charge in [0.2, 0.25) is 0 Å². The van der Waals surface area contributed by atoms with Crippen LogP contribution in [0, 0.1) is 13.8 Å². The largest absolute Gasteiger partial charge is 0.442 e. The van der Waals surface area contributed by atoms with E-state index < -0.39 is 0 Å². The molecule has 0 aliphatic carbocycles. The molecule has 1 aromatic carbocycles. The van der Waals surface area contributed by atoms with Gasteiger partial charge in [0.15, 0.2) is 17.6 Å². The monoisotopic (exact) mass is 224 g/mol. The number of benzene rings is 1. The van der Waals surface area contributed by atoms with Crippen molar-refractivity contribution in [3.05, 3.63) is 47.9 Å². The summed E-state index contributed by atoms with van der Waals surface area (Å²) in [5, 5.41) is 0. The summed E-state index contributed by atoms with van der Waals surface area (Å²) in [5.74, 6) is 0. The van der Waals surface area contributed by atoms with Crippen molar-refractivity contribution in [1.82, 2.24) is 9.97 Å². The fourth-order valence-corrected chi connectivity index (χ4v) is 1.91. The van der Waals surface area contributed by atoms with Crippen molar-refractivity contribution >= 4 is 11.2 Å². The molecule has 2 heterocycles.